The van der Waals surface area contributed by atoms with Gasteiger partial charge in [0.05, 0.1) is 0 Å². The smallest absolute Gasteiger partial charge is 0.00274 e. The lowest BCUT2D eigenvalue weighted by atomic mass is 9.56. The van der Waals surface area contributed by atoms with E-state index in [1.807, 2.05) is 0 Å². The van der Waals surface area contributed by atoms with E-state index in [4.69, 9.17) is 0 Å². The molecule has 0 nitrogen and oxygen atoms in total. The minimum absolute atomic E-state index is 0.369. The summed E-state index contributed by atoms with van der Waals surface area (Å²) in [6.45, 7) is 7.43. The molecule has 0 radical (unpaired) electrons. The van der Waals surface area contributed by atoms with Crippen LogP contribution >= 0.6 is 0 Å². The fourth-order valence-electron chi connectivity index (χ4n) is 4.92. The van der Waals surface area contributed by atoms with Gasteiger partial charge in [-0.3, -0.25) is 0 Å². The first-order valence-corrected chi connectivity index (χ1v) is 8.60. The zero-order valence-electron chi connectivity index (χ0n) is 13.5. The van der Waals surface area contributed by atoms with Gasteiger partial charge in [-0.15, -0.1) is 0 Å². The molecule has 21 heavy (non-hydrogen) atoms. The average Bonchev–Trinajstić information content (AvgIpc) is 2.48. The van der Waals surface area contributed by atoms with Crippen LogP contribution in [0.4, 0.5) is 0 Å². The van der Waals surface area contributed by atoms with Crippen LogP contribution < -0.4 is 10.4 Å². The van der Waals surface area contributed by atoms with Gasteiger partial charge in [0.15, 0.2) is 0 Å². The Balaban J connectivity index is 1.97. The summed E-state index contributed by atoms with van der Waals surface area (Å²) in [5, 5.41) is 2.86. The highest BCUT2D eigenvalue weighted by Crippen LogP contribution is 2.54. The first-order valence-electron chi connectivity index (χ1n) is 8.60. The van der Waals surface area contributed by atoms with Crippen LogP contribution in [-0.2, 0) is 0 Å². The lowest BCUT2D eigenvalue weighted by Crippen LogP contribution is -2.39. The maximum Gasteiger partial charge on any atom is 0.00274 e. The third kappa shape index (κ3) is 1.95. The summed E-state index contributed by atoms with van der Waals surface area (Å²) in [5.74, 6) is 2.31. The van der Waals surface area contributed by atoms with Gasteiger partial charge in [0, 0.05) is 5.92 Å². The number of benzene rings is 1. The predicted octanol–water partition coefficient (Wildman–Crippen LogP) is 4.04. The van der Waals surface area contributed by atoms with E-state index in [-0.39, 0.29) is 0 Å². The highest BCUT2D eigenvalue weighted by Gasteiger charge is 2.43. The van der Waals surface area contributed by atoms with Gasteiger partial charge in [0.1, 0.15) is 0 Å². The molecule has 3 unspecified atom stereocenters. The summed E-state index contributed by atoms with van der Waals surface area (Å²) in [5.41, 5.74) is 3.83. The monoisotopic (exact) mass is 278 g/mol. The van der Waals surface area contributed by atoms with Crippen molar-refractivity contribution in [2.45, 2.75) is 46.5 Å². The second-order valence-corrected chi connectivity index (χ2v) is 7.89. The number of rotatable bonds is 0. The Kier molecular flexibility index (Phi) is 2.93. The van der Waals surface area contributed by atoms with Crippen LogP contribution in [0.3, 0.4) is 0 Å². The predicted molar refractivity (Wildman–Crippen MR) is 90.0 cm³/mol. The average molecular weight is 278 g/mol. The molecule has 0 aliphatic heterocycles. The Morgan fingerprint density at radius 3 is 2.48 bits per heavy atom. The third-order valence-corrected chi connectivity index (χ3v) is 6.51. The van der Waals surface area contributed by atoms with Crippen molar-refractivity contribution in [1.82, 2.24) is 0 Å². The van der Waals surface area contributed by atoms with Crippen molar-refractivity contribution in [3.63, 3.8) is 0 Å². The van der Waals surface area contributed by atoms with Crippen LogP contribution in [0.2, 0.25) is 0 Å². The van der Waals surface area contributed by atoms with Crippen LogP contribution in [0.15, 0.2) is 35.4 Å². The van der Waals surface area contributed by atoms with E-state index in [0.717, 1.165) is 11.8 Å². The van der Waals surface area contributed by atoms with Gasteiger partial charge in [-0.05, 0) is 58.9 Å². The maximum absolute atomic E-state index is 2.53. The molecule has 0 amide bonds. The van der Waals surface area contributed by atoms with Crippen LogP contribution in [0.1, 0.15) is 46.5 Å². The second-order valence-electron chi connectivity index (χ2n) is 7.89. The Labute approximate surface area is 128 Å². The van der Waals surface area contributed by atoms with Crippen molar-refractivity contribution in [2.75, 3.05) is 0 Å². The van der Waals surface area contributed by atoms with Crippen LogP contribution in [-0.4, -0.2) is 0 Å². The molecular formula is C21H26. The van der Waals surface area contributed by atoms with Gasteiger partial charge < -0.3 is 0 Å². The molecule has 1 aromatic carbocycles. The fraction of sp³-hybridized carbons (Fsp3) is 0.524. The van der Waals surface area contributed by atoms with Crippen LogP contribution in [0, 0.1) is 23.2 Å². The largest absolute Gasteiger partial charge is 0.0691 e. The highest BCUT2D eigenvalue weighted by molar-refractivity contribution is 5.62. The van der Waals surface area contributed by atoms with E-state index < -0.39 is 0 Å². The Morgan fingerprint density at radius 2 is 1.67 bits per heavy atom. The molecule has 3 atom stereocenters. The van der Waals surface area contributed by atoms with Gasteiger partial charge in [0.2, 0.25) is 0 Å². The van der Waals surface area contributed by atoms with E-state index in [0.29, 0.717) is 11.3 Å². The van der Waals surface area contributed by atoms with Crippen molar-refractivity contribution in [3.8, 4) is 0 Å². The molecular weight excluding hydrogens is 252 g/mol. The highest BCUT2D eigenvalue weighted by atomic mass is 14.5. The Morgan fingerprint density at radius 1 is 0.952 bits per heavy atom. The van der Waals surface area contributed by atoms with Gasteiger partial charge in [-0.25, -0.2) is 0 Å². The first-order chi connectivity index (χ1) is 10.1. The van der Waals surface area contributed by atoms with E-state index in [1.54, 1.807) is 11.1 Å². The van der Waals surface area contributed by atoms with Gasteiger partial charge >= 0.3 is 0 Å². The molecule has 1 saturated carbocycles. The maximum atomic E-state index is 2.53. The van der Waals surface area contributed by atoms with Crippen molar-refractivity contribution < 1.29 is 0 Å². The van der Waals surface area contributed by atoms with Crippen molar-refractivity contribution in [3.05, 3.63) is 45.8 Å². The molecule has 3 aliphatic rings. The molecule has 0 N–H and O–H groups in total. The van der Waals surface area contributed by atoms with E-state index >= 15 is 0 Å². The normalized spacial score (nSPS) is 33.2. The Hall–Kier alpha value is -1.30. The minimum Gasteiger partial charge on any atom is -0.0691 e. The SMILES string of the molecule is CC1CCC2CCC3C=c4ccccc4=CC3=C2C1(C)C. The topological polar surface area (TPSA) is 0 Å². The zero-order chi connectivity index (χ0) is 14.6. The summed E-state index contributed by atoms with van der Waals surface area (Å²) >= 11 is 0. The van der Waals surface area contributed by atoms with Crippen molar-refractivity contribution in [1.29, 1.82) is 0 Å². The summed E-state index contributed by atoms with van der Waals surface area (Å²) in [6.07, 6.45) is 10.6. The summed E-state index contributed by atoms with van der Waals surface area (Å²) in [4.78, 5) is 0. The molecule has 1 aromatic rings. The van der Waals surface area contributed by atoms with E-state index in [9.17, 15) is 0 Å². The van der Waals surface area contributed by atoms with E-state index in [2.05, 4.69) is 57.2 Å². The quantitative estimate of drug-likeness (QED) is 0.672. The number of allylic oxidation sites excluding steroid dienone is 2. The Bertz CT molecular complexity index is 717. The van der Waals surface area contributed by atoms with Crippen LogP contribution in [0.5, 0.6) is 0 Å². The van der Waals surface area contributed by atoms with Gasteiger partial charge in [-0.2, -0.15) is 0 Å². The van der Waals surface area contributed by atoms with Gasteiger partial charge in [-0.1, -0.05) is 62.8 Å². The number of fused-ring (bicyclic) bond motifs is 3. The van der Waals surface area contributed by atoms with Crippen LogP contribution in [0.25, 0.3) is 12.2 Å². The fourth-order valence-corrected chi connectivity index (χ4v) is 4.92. The number of hydrogen-bond acceptors (Lipinski definition) is 0. The van der Waals surface area contributed by atoms with Crippen molar-refractivity contribution in [2.24, 2.45) is 23.2 Å². The lowest BCUT2D eigenvalue weighted by Gasteiger charge is -2.48. The zero-order valence-corrected chi connectivity index (χ0v) is 13.5. The molecule has 0 bridgehead atoms. The summed E-state index contributed by atoms with van der Waals surface area (Å²) in [6, 6.07) is 8.88. The summed E-state index contributed by atoms with van der Waals surface area (Å²) in [7, 11) is 0. The molecule has 4 rings (SSSR count). The molecule has 0 spiro atoms. The molecule has 0 saturated heterocycles. The number of hydrogen-bond donors (Lipinski definition) is 0. The van der Waals surface area contributed by atoms with Crippen molar-refractivity contribution >= 4 is 12.2 Å². The molecule has 3 aliphatic carbocycles. The van der Waals surface area contributed by atoms with Gasteiger partial charge in [0.25, 0.3) is 0 Å². The van der Waals surface area contributed by atoms with E-state index in [1.165, 1.54) is 36.1 Å². The molecule has 0 heteroatoms. The molecule has 0 heterocycles. The molecule has 1 fully saturated rings. The minimum atomic E-state index is 0.369. The lowest BCUT2D eigenvalue weighted by molar-refractivity contribution is 0.171. The molecule has 0 aromatic heterocycles. The summed E-state index contributed by atoms with van der Waals surface area (Å²) < 4.78 is 0. The third-order valence-electron chi connectivity index (χ3n) is 6.51. The molecule has 110 valence electrons. The first kappa shape index (κ1) is 13.4. The standard InChI is InChI=1S/C21H26/c1-14-8-9-15-10-11-18-12-16-6-4-5-7-17(16)13-19(18)20(15)21(14,2)3/h4-7,12-15,18H,8-11H2,1-3H3. The second kappa shape index (κ2) is 4.60.